The smallest absolute Gasteiger partial charge is 0.0705 e. The number of nitrogens with two attached hydrogens (primary N) is 1. The SMILES string of the molecule is Cc1ccc2cc(C3(N)CCCOCC3)ccc2n1. The number of benzene rings is 1. The molecule has 3 rings (SSSR count). The fourth-order valence-electron chi connectivity index (χ4n) is 2.80. The van der Waals surface area contributed by atoms with Crippen LogP contribution in [0.3, 0.4) is 0 Å². The predicted octanol–water partition coefficient (Wildman–Crippen LogP) is 2.90. The third-order valence-electron chi connectivity index (χ3n) is 4.01. The maximum Gasteiger partial charge on any atom is 0.0705 e. The van der Waals surface area contributed by atoms with Gasteiger partial charge in [-0.2, -0.15) is 0 Å². The normalized spacial score (nSPS) is 24.3. The molecule has 19 heavy (non-hydrogen) atoms. The third kappa shape index (κ3) is 2.48. The number of pyridine rings is 1. The van der Waals surface area contributed by atoms with Crippen LogP contribution in [0.1, 0.15) is 30.5 Å². The van der Waals surface area contributed by atoms with Gasteiger partial charge in [0.05, 0.1) is 5.52 Å². The second-order valence-corrected chi connectivity index (χ2v) is 5.48. The molecule has 1 aromatic heterocycles. The van der Waals surface area contributed by atoms with Gasteiger partial charge in [-0.1, -0.05) is 12.1 Å². The van der Waals surface area contributed by atoms with Gasteiger partial charge in [-0.3, -0.25) is 4.98 Å². The molecule has 1 aromatic carbocycles. The quantitative estimate of drug-likeness (QED) is 0.853. The highest BCUT2D eigenvalue weighted by molar-refractivity contribution is 5.79. The van der Waals surface area contributed by atoms with Crippen molar-refractivity contribution in [2.24, 2.45) is 5.73 Å². The summed E-state index contributed by atoms with van der Waals surface area (Å²) in [6.07, 6.45) is 2.90. The summed E-state index contributed by atoms with van der Waals surface area (Å²) in [6.45, 7) is 3.59. The Bertz CT molecular complexity index is 586. The van der Waals surface area contributed by atoms with Crippen LogP contribution < -0.4 is 5.73 Å². The van der Waals surface area contributed by atoms with E-state index in [0.29, 0.717) is 0 Å². The van der Waals surface area contributed by atoms with Crippen LogP contribution in [-0.2, 0) is 10.3 Å². The molecule has 1 saturated heterocycles. The summed E-state index contributed by atoms with van der Waals surface area (Å²) >= 11 is 0. The Hall–Kier alpha value is -1.45. The van der Waals surface area contributed by atoms with Crippen molar-refractivity contribution in [3.05, 3.63) is 41.6 Å². The number of aromatic nitrogens is 1. The molecule has 1 atom stereocenters. The summed E-state index contributed by atoms with van der Waals surface area (Å²) in [6, 6.07) is 10.6. The van der Waals surface area contributed by atoms with Crippen LogP contribution in [-0.4, -0.2) is 18.2 Å². The van der Waals surface area contributed by atoms with Crippen molar-refractivity contribution in [2.45, 2.75) is 31.7 Å². The number of ether oxygens (including phenoxy) is 1. The molecule has 1 aliphatic rings. The van der Waals surface area contributed by atoms with Crippen molar-refractivity contribution >= 4 is 10.9 Å². The first kappa shape index (κ1) is 12.6. The van der Waals surface area contributed by atoms with Gasteiger partial charge in [0.2, 0.25) is 0 Å². The molecule has 0 bridgehead atoms. The van der Waals surface area contributed by atoms with Crippen LogP contribution in [0.4, 0.5) is 0 Å². The van der Waals surface area contributed by atoms with Gasteiger partial charge < -0.3 is 10.5 Å². The van der Waals surface area contributed by atoms with Crippen LogP contribution in [0.2, 0.25) is 0 Å². The van der Waals surface area contributed by atoms with E-state index < -0.39 is 0 Å². The molecule has 1 unspecified atom stereocenters. The molecule has 3 nitrogen and oxygen atoms in total. The van der Waals surface area contributed by atoms with Gasteiger partial charge in [0.25, 0.3) is 0 Å². The van der Waals surface area contributed by atoms with Gasteiger partial charge in [-0.15, -0.1) is 0 Å². The van der Waals surface area contributed by atoms with Crippen molar-refractivity contribution in [2.75, 3.05) is 13.2 Å². The van der Waals surface area contributed by atoms with Gasteiger partial charge >= 0.3 is 0 Å². The molecular weight excluding hydrogens is 236 g/mol. The minimum absolute atomic E-state index is 0.254. The first-order valence-corrected chi connectivity index (χ1v) is 6.92. The van der Waals surface area contributed by atoms with Crippen molar-refractivity contribution in [1.29, 1.82) is 0 Å². The minimum Gasteiger partial charge on any atom is -0.381 e. The number of hydrogen-bond acceptors (Lipinski definition) is 3. The van der Waals surface area contributed by atoms with E-state index in [1.807, 2.05) is 13.0 Å². The summed E-state index contributed by atoms with van der Waals surface area (Å²) < 4.78 is 5.52. The highest BCUT2D eigenvalue weighted by atomic mass is 16.5. The zero-order valence-electron chi connectivity index (χ0n) is 11.4. The molecule has 0 radical (unpaired) electrons. The van der Waals surface area contributed by atoms with Crippen LogP contribution in [0.15, 0.2) is 30.3 Å². The Morgan fingerprint density at radius 2 is 2.05 bits per heavy atom. The maximum absolute atomic E-state index is 6.60. The van der Waals surface area contributed by atoms with Gasteiger partial charge in [-0.05, 0) is 49.9 Å². The van der Waals surface area contributed by atoms with E-state index in [4.69, 9.17) is 10.5 Å². The molecule has 2 N–H and O–H groups in total. The van der Waals surface area contributed by atoms with E-state index in [1.54, 1.807) is 0 Å². The van der Waals surface area contributed by atoms with E-state index in [1.165, 1.54) is 5.56 Å². The van der Waals surface area contributed by atoms with Crippen molar-refractivity contribution in [3.8, 4) is 0 Å². The van der Waals surface area contributed by atoms with E-state index in [2.05, 4.69) is 29.2 Å². The first-order valence-electron chi connectivity index (χ1n) is 6.92. The van der Waals surface area contributed by atoms with E-state index in [0.717, 1.165) is 49.1 Å². The molecule has 1 aliphatic heterocycles. The topological polar surface area (TPSA) is 48.1 Å². The highest BCUT2D eigenvalue weighted by Gasteiger charge is 2.28. The van der Waals surface area contributed by atoms with Crippen molar-refractivity contribution < 1.29 is 4.74 Å². The predicted molar refractivity (Wildman–Crippen MR) is 77.0 cm³/mol. The molecule has 2 heterocycles. The average molecular weight is 256 g/mol. The molecule has 1 fully saturated rings. The molecule has 0 aliphatic carbocycles. The Kier molecular flexibility index (Phi) is 3.25. The maximum atomic E-state index is 6.60. The molecule has 0 spiro atoms. The highest BCUT2D eigenvalue weighted by Crippen LogP contribution is 2.31. The lowest BCUT2D eigenvalue weighted by Gasteiger charge is -2.28. The fraction of sp³-hybridized carbons (Fsp3) is 0.438. The van der Waals surface area contributed by atoms with Crippen molar-refractivity contribution in [1.82, 2.24) is 4.98 Å². The van der Waals surface area contributed by atoms with Crippen LogP contribution in [0, 0.1) is 6.92 Å². The number of nitrogens with zero attached hydrogens (tertiary/aromatic N) is 1. The Balaban J connectivity index is 2.02. The van der Waals surface area contributed by atoms with Gasteiger partial charge in [0, 0.05) is 29.8 Å². The standard InChI is InChI=1S/C16H20N2O/c1-12-3-4-13-11-14(5-6-15(13)18-12)16(17)7-2-9-19-10-8-16/h3-6,11H,2,7-10,17H2,1H3. The van der Waals surface area contributed by atoms with Gasteiger partial charge in [0.15, 0.2) is 0 Å². The Morgan fingerprint density at radius 3 is 2.95 bits per heavy atom. The molecule has 100 valence electrons. The molecule has 0 saturated carbocycles. The Morgan fingerprint density at radius 1 is 1.16 bits per heavy atom. The van der Waals surface area contributed by atoms with E-state index in [-0.39, 0.29) is 5.54 Å². The number of fused-ring (bicyclic) bond motifs is 1. The fourth-order valence-corrected chi connectivity index (χ4v) is 2.80. The van der Waals surface area contributed by atoms with Crippen LogP contribution >= 0.6 is 0 Å². The lowest BCUT2D eigenvalue weighted by Crippen LogP contribution is -2.36. The Labute approximate surface area is 113 Å². The zero-order chi connectivity index (χ0) is 13.3. The van der Waals surface area contributed by atoms with Crippen LogP contribution in [0.25, 0.3) is 10.9 Å². The monoisotopic (exact) mass is 256 g/mol. The summed E-state index contributed by atoms with van der Waals surface area (Å²) in [5.41, 5.74) is 9.64. The largest absolute Gasteiger partial charge is 0.381 e. The first-order chi connectivity index (χ1) is 9.17. The van der Waals surface area contributed by atoms with Gasteiger partial charge in [0.1, 0.15) is 0 Å². The molecule has 2 aromatic rings. The number of aryl methyl sites for hydroxylation is 1. The molecular formula is C16H20N2O. The number of rotatable bonds is 1. The lowest BCUT2D eigenvalue weighted by atomic mass is 9.83. The van der Waals surface area contributed by atoms with E-state index >= 15 is 0 Å². The second kappa shape index (κ2) is 4.91. The average Bonchev–Trinajstić information content (AvgIpc) is 2.64. The molecule has 3 heteroatoms. The lowest BCUT2D eigenvalue weighted by molar-refractivity contribution is 0.139. The summed E-state index contributed by atoms with van der Waals surface area (Å²) in [5.74, 6) is 0. The molecule has 0 amide bonds. The summed E-state index contributed by atoms with van der Waals surface area (Å²) in [4.78, 5) is 4.54. The van der Waals surface area contributed by atoms with E-state index in [9.17, 15) is 0 Å². The summed E-state index contributed by atoms with van der Waals surface area (Å²) in [7, 11) is 0. The second-order valence-electron chi connectivity index (χ2n) is 5.48. The summed E-state index contributed by atoms with van der Waals surface area (Å²) in [5, 5.41) is 1.16. The third-order valence-corrected chi connectivity index (χ3v) is 4.01. The number of hydrogen-bond donors (Lipinski definition) is 1. The minimum atomic E-state index is -0.254. The van der Waals surface area contributed by atoms with Crippen LogP contribution in [0.5, 0.6) is 0 Å². The van der Waals surface area contributed by atoms with Gasteiger partial charge in [-0.25, -0.2) is 0 Å². The zero-order valence-corrected chi connectivity index (χ0v) is 11.4. The van der Waals surface area contributed by atoms with Crippen molar-refractivity contribution in [3.63, 3.8) is 0 Å².